The summed E-state index contributed by atoms with van der Waals surface area (Å²) < 4.78 is 5.43. The van der Waals surface area contributed by atoms with E-state index in [-0.39, 0.29) is 18.5 Å². The lowest BCUT2D eigenvalue weighted by Crippen LogP contribution is -2.45. The summed E-state index contributed by atoms with van der Waals surface area (Å²) in [6.45, 7) is 4.85. The highest BCUT2D eigenvalue weighted by molar-refractivity contribution is 5.76. The molecule has 0 aliphatic heterocycles. The molecule has 0 fully saturated rings. The van der Waals surface area contributed by atoms with Gasteiger partial charge in [-0.3, -0.25) is 9.59 Å². The summed E-state index contributed by atoms with van der Waals surface area (Å²) in [4.78, 5) is 24.3. The zero-order valence-electron chi connectivity index (χ0n) is 37.1. The minimum atomic E-state index is -0.672. The van der Waals surface area contributed by atoms with Crippen LogP contribution in [-0.4, -0.2) is 47.4 Å². The molecule has 0 spiro atoms. The monoisotopic (exact) mass is 788 g/mol. The molecule has 56 heavy (non-hydrogen) atoms. The number of aliphatic hydroxyl groups is 2. The third-order valence-corrected chi connectivity index (χ3v) is 10.9. The van der Waals surface area contributed by atoms with Gasteiger partial charge in [0.1, 0.15) is 0 Å². The average Bonchev–Trinajstić information content (AvgIpc) is 3.20. The number of nitrogens with one attached hydrogen (secondary N) is 1. The molecule has 1 amide bonds. The molecule has 0 bridgehead atoms. The van der Waals surface area contributed by atoms with Gasteiger partial charge in [0.15, 0.2) is 0 Å². The zero-order chi connectivity index (χ0) is 40.8. The van der Waals surface area contributed by atoms with Gasteiger partial charge in [-0.2, -0.15) is 0 Å². The predicted octanol–water partition coefficient (Wildman–Crippen LogP) is 14.1. The van der Waals surface area contributed by atoms with Gasteiger partial charge in [-0.15, -0.1) is 0 Å². The van der Waals surface area contributed by atoms with E-state index in [0.717, 1.165) is 83.5 Å². The molecule has 2 unspecified atom stereocenters. The minimum Gasteiger partial charge on any atom is -0.466 e. The van der Waals surface area contributed by atoms with Crippen LogP contribution in [0.2, 0.25) is 0 Å². The van der Waals surface area contributed by atoms with Crippen molar-refractivity contribution < 1.29 is 24.5 Å². The summed E-state index contributed by atoms with van der Waals surface area (Å²) in [5, 5.41) is 23.0. The van der Waals surface area contributed by atoms with Crippen LogP contribution in [0.1, 0.15) is 245 Å². The van der Waals surface area contributed by atoms with Crippen LogP contribution in [0.15, 0.2) is 36.5 Å². The van der Waals surface area contributed by atoms with E-state index in [1.165, 1.54) is 128 Å². The number of esters is 1. The van der Waals surface area contributed by atoms with Gasteiger partial charge in [0.25, 0.3) is 0 Å². The quantitative estimate of drug-likeness (QED) is 0.0325. The number of amides is 1. The number of allylic oxidation sites excluding steroid dienone is 6. The van der Waals surface area contributed by atoms with Crippen LogP contribution >= 0.6 is 0 Å². The van der Waals surface area contributed by atoms with Gasteiger partial charge in [0.05, 0.1) is 25.4 Å². The number of carbonyl (C=O) groups is 2. The van der Waals surface area contributed by atoms with Gasteiger partial charge < -0.3 is 20.3 Å². The molecule has 6 nitrogen and oxygen atoms in total. The van der Waals surface area contributed by atoms with E-state index < -0.39 is 12.1 Å². The van der Waals surface area contributed by atoms with Crippen molar-refractivity contribution in [1.29, 1.82) is 0 Å². The number of ether oxygens (including phenoxy) is 1. The summed E-state index contributed by atoms with van der Waals surface area (Å²) in [5.74, 6) is -0.0810. The van der Waals surface area contributed by atoms with Crippen molar-refractivity contribution in [2.45, 2.75) is 257 Å². The maximum Gasteiger partial charge on any atom is 0.305 e. The fourth-order valence-electron chi connectivity index (χ4n) is 7.13. The Morgan fingerprint density at radius 2 is 0.893 bits per heavy atom. The Morgan fingerprint density at radius 1 is 0.500 bits per heavy atom. The summed E-state index contributed by atoms with van der Waals surface area (Å²) in [7, 11) is 0. The topological polar surface area (TPSA) is 95.9 Å². The van der Waals surface area contributed by atoms with Crippen molar-refractivity contribution in [1.82, 2.24) is 5.32 Å². The van der Waals surface area contributed by atoms with E-state index in [4.69, 9.17) is 4.74 Å². The highest BCUT2D eigenvalue weighted by Crippen LogP contribution is 2.14. The Morgan fingerprint density at radius 3 is 1.39 bits per heavy atom. The second-order valence-corrected chi connectivity index (χ2v) is 16.4. The third kappa shape index (κ3) is 41.7. The number of unbranched alkanes of at least 4 members (excludes halogenated alkanes) is 27. The molecule has 0 aromatic heterocycles. The largest absolute Gasteiger partial charge is 0.466 e. The summed E-state index contributed by atoms with van der Waals surface area (Å²) in [6.07, 6.45) is 54.0. The number of hydrogen-bond donors (Lipinski definition) is 3. The highest BCUT2D eigenvalue weighted by atomic mass is 16.5. The summed E-state index contributed by atoms with van der Waals surface area (Å²) >= 11 is 0. The van der Waals surface area contributed by atoms with Crippen molar-refractivity contribution in [3.05, 3.63) is 36.5 Å². The molecule has 0 aromatic rings. The standard InChI is InChI=1S/C50H93NO5/c1-3-5-7-9-11-13-14-20-24-28-32-36-40-44-50(55)56-45-41-37-33-29-25-22-19-17-15-16-18-21-23-27-31-35-39-43-49(54)51-47(46-52)48(53)42-38-34-30-26-12-10-8-6-4-2/h13-15,17,22,25,47-48,52-53H,3-12,16,18-21,23-24,26-46H2,1-2H3,(H,51,54)/b14-13-,17-15-,25-22-. The predicted molar refractivity (Wildman–Crippen MR) is 241 cm³/mol. The van der Waals surface area contributed by atoms with Crippen LogP contribution in [0.25, 0.3) is 0 Å². The Labute approximate surface area is 347 Å². The first-order chi connectivity index (χ1) is 27.5. The van der Waals surface area contributed by atoms with Crippen LogP contribution in [0.5, 0.6) is 0 Å². The number of rotatable bonds is 44. The molecule has 0 aliphatic rings. The van der Waals surface area contributed by atoms with E-state index >= 15 is 0 Å². The number of hydrogen-bond acceptors (Lipinski definition) is 5. The molecular formula is C50H93NO5. The number of aliphatic hydroxyl groups excluding tert-OH is 2. The van der Waals surface area contributed by atoms with Crippen LogP contribution in [0.4, 0.5) is 0 Å². The second kappa shape index (κ2) is 45.8. The first kappa shape index (κ1) is 54.1. The van der Waals surface area contributed by atoms with E-state index in [9.17, 15) is 19.8 Å². The van der Waals surface area contributed by atoms with E-state index in [1.807, 2.05) is 0 Å². The van der Waals surface area contributed by atoms with Gasteiger partial charge in [-0.25, -0.2) is 0 Å². The average molecular weight is 788 g/mol. The van der Waals surface area contributed by atoms with Gasteiger partial charge in [-0.1, -0.05) is 179 Å². The Bertz CT molecular complexity index is 915. The van der Waals surface area contributed by atoms with Crippen molar-refractivity contribution in [2.24, 2.45) is 0 Å². The van der Waals surface area contributed by atoms with Crippen LogP contribution in [0.3, 0.4) is 0 Å². The molecule has 0 saturated heterocycles. The van der Waals surface area contributed by atoms with Crippen LogP contribution in [0, 0.1) is 0 Å². The third-order valence-electron chi connectivity index (χ3n) is 10.9. The van der Waals surface area contributed by atoms with Crippen molar-refractivity contribution in [3.63, 3.8) is 0 Å². The zero-order valence-corrected chi connectivity index (χ0v) is 37.1. The molecule has 0 heterocycles. The van der Waals surface area contributed by atoms with Crippen LogP contribution < -0.4 is 5.32 Å². The molecule has 2 atom stereocenters. The summed E-state index contributed by atoms with van der Waals surface area (Å²) in [6, 6.07) is -0.551. The molecule has 0 radical (unpaired) electrons. The first-order valence-electron chi connectivity index (χ1n) is 24.2. The lowest BCUT2D eigenvalue weighted by atomic mass is 10.0. The van der Waals surface area contributed by atoms with E-state index in [2.05, 4.69) is 55.6 Å². The van der Waals surface area contributed by atoms with Gasteiger partial charge in [-0.05, 0) is 89.9 Å². The fourth-order valence-corrected chi connectivity index (χ4v) is 7.13. The first-order valence-corrected chi connectivity index (χ1v) is 24.2. The SMILES string of the molecule is CCCCCC/C=C\CCCCCCCC(=O)OCCCCC/C=C\C/C=C\CCCCCCCCCC(=O)NC(CO)C(O)CCCCCCCCCCC. The minimum absolute atomic E-state index is 0.0258. The van der Waals surface area contributed by atoms with Gasteiger partial charge >= 0.3 is 5.97 Å². The maximum atomic E-state index is 12.4. The maximum absolute atomic E-state index is 12.4. The van der Waals surface area contributed by atoms with E-state index in [1.54, 1.807) is 0 Å². The molecule has 6 heteroatoms. The second-order valence-electron chi connectivity index (χ2n) is 16.4. The van der Waals surface area contributed by atoms with Gasteiger partial charge in [0, 0.05) is 12.8 Å². The Kier molecular flexibility index (Phi) is 44.2. The van der Waals surface area contributed by atoms with Crippen molar-refractivity contribution in [3.8, 4) is 0 Å². The van der Waals surface area contributed by atoms with Gasteiger partial charge in [0.2, 0.25) is 5.91 Å². The number of carbonyl (C=O) groups excluding carboxylic acids is 2. The Balaban J connectivity index is 3.50. The normalized spacial score (nSPS) is 13.0. The molecule has 0 aromatic carbocycles. The molecule has 3 N–H and O–H groups in total. The lowest BCUT2D eigenvalue weighted by Gasteiger charge is -2.22. The fraction of sp³-hybridized carbons (Fsp3) is 0.840. The summed E-state index contributed by atoms with van der Waals surface area (Å²) in [5.41, 5.74) is 0. The van der Waals surface area contributed by atoms with Crippen molar-refractivity contribution in [2.75, 3.05) is 13.2 Å². The smallest absolute Gasteiger partial charge is 0.305 e. The van der Waals surface area contributed by atoms with Crippen molar-refractivity contribution >= 4 is 11.9 Å². The molecular weight excluding hydrogens is 695 g/mol. The Hall–Kier alpha value is -1.92. The lowest BCUT2D eigenvalue weighted by molar-refractivity contribution is -0.143. The van der Waals surface area contributed by atoms with E-state index in [0.29, 0.717) is 25.9 Å². The highest BCUT2D eigenvalue weighted by Gasteiger charge is 2.20. The van der Waals surface area contributed by atoms with Crippen LogP contribution in [-0.2, 0) is 14.3 Å². The molecule has 0 aliphatic carbocycles. The molecule has 328 valence electrons. The molecule has 0 rings (SSSR count). The molecule has 0 saturated carbocycles.